The fraction of sp³-hybridized carbons (Fsp3) is 0.444. The number of methoxy groups -OCH3 is 2. The second kappa shape index (κ2) is 12.4. The minimum atomic E-state index is -0.618. The Hall–Kier alpha value is -3.59. The summed E-state index contributed by atoms with van der Waals surface area (Å²) in [7, 11) is 8.08. The third-order valence-electron chi connectivity index (χ3n) is 5.50. The number of carbonyl (C=O) groups is 3. The van der Waals surface area contributed by atoms with Gasteiger partial charge in [0.25, 0.3) is 0 Å². The van der Waals surface area contributed by atoms with Crippen molar-refractivity contribution in [2.24, 2.45) is 0 Å². The SMILES string of the molecule is COC(=O)c1cccc(N(C)c2ccc(CN(C)CCN(C)C(=O)OC(C)(C)C)cc2)c1C(=O)OC. The zero-order valence-corrected chi connectivity index (χ0v) is 22.5. The van der Waals surface area contributed by atoms with Gasteiger partial charge in [-0.15, -0.1) is 0 Å². The number of benzene rings is 2. The molecule has 2 rings (SSSR count). The van der Waals surface area contributed by atoms with Crippen molar-refractivity contribution < 1.29 is 28.6 Å². The zero-order valence-electron chi connectivity index (χ0n) is 22.5. The fourth-order valence-corrected chi connectivity index (χ4v) is 3.52. The van der Waals surface area contributed by atoms with Gasteiger partial charge in [-0.05, 0) is 57.6 Å². The van der Waals surface area contributed by atoms with E-state index in [0.29, 0.717) is 25.3 Å². The Bertz CT molecular complexity index is 1060. The van der Waals surface area contributed by atoms with E-state index >= 15 is 0 Å². The van der Waals surface area contributed by atoms with E-state index in [0.717, 1.165) is 11.3 Å². The zero-order chi connectivity index (χ0) is 27.0. The molecule has 0 aliphatic rings. The molecule has 0 aliphatic heterocycles. The van der Waals surface area contributed by atoms with Gasteiger partial charge in [0.05, 0.1) is 31.0 Å². The molecule has 196 valence electrons. The van der Waals surface area contributed by atoms with Crippen molar-refractivity contribution in [1.82, 2.24) is 9.80 Å². The first kappa shape index (κ1) is 28.6. The lowest BCUT2D eigenvalue weighted by molar-refractivity contribution is 0.0286. The molecule has 2 aromatic rings. The molecule has 0 spiro atoms. The van der Waals surface area contributed by atoms with Crippen LogP contribution in [0.25, 0.3) is 0 Å². The monoisotopic (exact) mass is 499 g/mol. The van der Waals surface area contributed by atoms with Gasteiger partial charge in [0, 0.05) is 39.4 Å². The molecule has 0 saturated carbocycles. The van der Waals surface area contributed by atoms with Crippen molar-refractivity contribution in [3.8, 4) is 0 Å². The van der Waals surface area contributed by atoms with Crippen LogP contribution in [0.2, 0.25) is 0 Å². The molecule has 0 bridgehead atoms. The number of hydrogen-bond donors (Lipinski definition) is 0. The Morgan fingerprint density at radius 2 is 1.44 bits per heavy atom. The van der Waals surface area contributed by atoms with E-state index in [4.69, 9.17) is 14.2 Å². The summed E-state index contributed by atoms with van der Waals surface area (Å²) in [6.45, 7) is 7.45. The number of likely N-dealkylation sites (N-methyl/N-ethyl adjacent to an activating group) is 2. The molecule has 0 heterocycles. The first-order valence-electron chi connectivity index (χ1n) is 11.6. The molecule has 0 fully saturated rings. The first-order valence-corrected chi connectivity index (χ1v) is 11.6. The van der Waals surface area contributed by atoms with Gasteiger partial charge in [-0.1, -0.05) is 18.2 Å². The second-order valence-electron chi connectivity index (χ2n) is 9.55. The molecule has 0 N–H and O–H groups in total. The molecule has 0 radical (unpaired) electrons. The Morgan fingerprint density at radius 3 is 2.00 bits per heavy atom. The summed E-state index contributed by atoms with van der Waals surface area (Å²) in [6, 6.07) is 12.9. The highest BCUT2D eigenvalue weighted by atomic mass is 16.6. The number of nitrogens with zero attached hydrogens (tertiary/aromatic N) is 3. The Kier molecular flexibility index (Phi) is 9.86. The lowest BCUT2D eigenvalue weighted by Crippen LogP contribution is -2.38. The molecular formula is C27H37N3O6. The standard InChI is InChI=1S/C27H37N3O6/c1-27(2,3)36-26(33)29(5)17-16-28(4)18-19-12-14-20(15-13-19)30(6)22-11-9-10-21(24(31)34-7)23(22)25(32)35-8/h9-15H,16-18H2,1-8H3. The molecule has 9 heteroatoms. The van der Waals surface area contributed by atoms with Crippen molar-refractivity contribution in [1.29, 1.82) is 0 Å². The smallest absolute Gasteiger partial charge is 0.410 e. The minimum absolute atomic E-state index is 0.142. The number of anilines is 2. The van der Waals surface area contributed by atoms with E-state index in [2.05, 4.69) is 4.90 Å². The van der Waals surface area contributed by atoms with Gasteiger partial charge in [0.2, 0.25) is 0 Å². The van der Waals surface area contributed by atoms with Crippen LogP contribution in [0.5, 0.6) is 0 Å². The lowest BCUT2D eigenvalue weighted by atomic mass is 10.0. The third kappa shape index (κ3) is 7.71. The molecule has 0 atom stereocenters. The Balaban J connectivity index is 2.10. The van der Waals surface area contributed by atoms with E-state index in [1.54, 1.807) is 24.1 Å². The fourth-order valence-electron chi connectivity index (χ4n) is 3.52. The van der Waals surface area contributed by atoms with Crippen LogP contribution < -0.4 is 4.90 Å². The van der Waals surface area contributed by atoms with Gasteiger partial charge in [0.1, 0.15) is 5.60 Å². The van der Waals surface area contributed by atoms with Crippen LogP contribution in [0, 0.1) is 0 Å². The average Bonchev–Trinajstić information content (AvgIpc) is 2.84. The predicted molar refractivity (Wildman–Crippen MR) is 139 cm³/mol. The average molecular weight is 500 g/mol. The van der Waals surface area contributed by atoms with E-state index in [1.807, 2.05) is 64.0 Å². The Labute approximate surface area is 213 Å². The van der Waals surface area contributed by atoms with Gasteiger partial charge in [0.15, 0.2) is 0 Å². The topological polar surface area (TPSA) is 88.6 Å². The molecular weight excluding hydrogens is 462 g/mol. The van der Waals surface area contributed by atoms with Gasteiger partial charge in [-0.2, -0.15) is 0 Å². The van der Waals surface area contributed by atoms with Crippen LogP contribution in [0.3, 0.4) is 0 Å². The maximum atomic E-state index is 12.5. The van der Waals surface area contributed by atoms with Crippen molar-refractivity contribution in [3.05, 3.63) is 59.2 Å². The lowest BCUT2D eigenvalue weighted by Gasteiger charge is -2.26. The summed E-state index contributed by atoms with van der Waals surface area (Å²) in [6.07, 6.45) is -0.342. The molecule has 1 amide bonds. The van der Waals surface area contributed by atoms with Gasteiger partial charge in [-0.3, -0.25) is 0 Å². The van der Waals surface area contributed by atoms with E-state index in [-0.39, 0.29) is 17.2 Å². The summed E-state index contributed by atoms with van der Waals surface area (Å²) >= 11 is 0. The van der Waals surface area contributed by atoms with Crippen molar-refractivity contribution in [3.63, 3.8) is 0 Å². The predicted octanol–water partition coefficient (Wildman–Crippen LogP) is 4.33. The highest BCUT2D eigenvalue weighted by molar-refractivity contribution is 6.07. The number of rotatable bonds is 9. The number of carbonyl (C=O) groups excluding carboxylic acids is 3. The Morgan fingerprint density at radius 1 is 0.833 bits per heavy atom. The van der Waals surface area contributed by atoms with Crippen molar-refractivity contribution >= 4 is 29.4 Å². The van der Waals surface area contributed by atoms with E-state index < -0.39 is 17.5 Å². The number of esters is 2. The van der Waals surface area contributed by atoms with Gasteiger partial charge in [-0.25, -0.2) is 14.4 Å². The second-order valence-corrected chi connectivity index (χ2v) is 9.55. The molecule has 0 aromatic heterocycles. The molecule has 0 saturated heterocycles. The molecule has 0 aliphatic carbocycles. The molecule has 2 aromatic carbocycles. The summed E-state index contributed by atoms with van der Waals surface area (Å²) < 4.78 is 15.2. The number of hydrogen-bond acceptors (Lipinski definition) is 8. The van der Waals surface area contributed by atoms with Crippen LogP contribution in [-0.4, -0.2) is 81.9 Å². The largest absolute Gasteiger partial charge is 0.465 e. The molecule has 36 heavy (non-hydrogen) atoms. The minimum Gasteiger partial charge on any atom is -0.465 e. The van der Waals surface area contributed by atoms with Crippen LogP contribution >= 0.6 is 0 Å². The maximum absolute atomic E-state index is 12.5. The van der Waals surface area contributed by atoms with E-state index in [9.17, 15) is 14.4 Å². The van der Waals surface area contributed by atoms with E-state index in [1.165, 1.54) is 20.3 Å². The quantitative estimate of drug-likeness (QED) is 0.372. The van der Waals surface area contributed by atoms with Crippen LogP contribution in [0.1, 0.15) is 47.1 Å². The summed E-state index contributed by atoms with van der Waals surface area (Å²) in [5.74, 6) is -1.23. The van der Waals surface area contributed by atoms with Crippen molar-refractivity contribution in [2.75, 3.05) is 53.4 Å². The molecule has 0 unspecified atom stereocenters. The van der Waals surface area contributed by atoms with Crippen LogP contribution in [0.4, 0.5) is 16.2 Å². The highest BCUT2D eigenvalue weighted by Gasteiger charge is 2.24. The van der Waals surface area contributed by atoms with Gasteiger partial charge >= 0.3 is 18.0 Å². The van der Waals surface area contributed by atoms with Gasteiger partial charge < -0.3 is 28.9 Å². The first-order chi connectivity index (χ1) is 16.9. The van der Waals surface area contributed by atoms with Crippen LogP contribution in [-0.2, 0) is 20.8 Å². The van der Waals surface area contributed by atoms with Crippen molar-refractivity contribution in [2.45, 2.75) is 32.9 Å². The number of ether oxygens (including phenoxy) is 3. The summed E-state index contributed by atoms with van der Waals surface area (Å²) in [5, 5.41) is 0. The summed E-state index contributed by atoms with van der Waals surface area (Å²) in [5.41, 5.74) is 2.21. The normalized spacial score (nSPS) is 11.1. The number of amides is 1. The molecule has 9 nitrogen and oxygen atoms in total. The maximum Gasteiger partial charge on any atom is 0.410 e. The summed E-state index contributed by atoms with van der Waals surface area (Å²) in [4.78, 5) is 42.4. The van der Waals surface area contributed by atoms with Crippen LogP contribution in [0.15, 0.2) is 42.5 Å². The third-order valence-corrected chi connectivity index (χ3v) is 5.50. The highest BCUT2D eigenvalue weighted by Crippen LogP contribution is 2.30.